The molecule has 1 atom stereocenters. The number of aromatic nitrogens is 3. The first-order valence-corrected chi connectivity index (χ1v) is 8.30. The molecule has 0 aliphatic carbocycles. The van der Waals surface area contributed by atoms with Crippen LogP contribution in [0.1, 0.15) is 19.9 Å². The average Bonchev–Trinajstić information content (AvgIpc) is 2.64. The first-order chi connectivity index (χ1) is 12.5. The zero-order valence-electron chi connectivity index (χ0n) is 14.8. The predicted molar refractivity (Wildman–Crippen MR) is 99.3 cm³/mol. The van der Waals surface area contributed by atoms with Crippen LogP contribution in [0, 0.1) is 5.92 Å². The minimum absolute atomic E-state index is 0.151. The number of carbonyl (C=O) groups excluding carboxylic acids is 1. The topological polar surface area (TPSA) is 86.1 Å². The summed E-state index contributed by atoms with van der Waals surface area (Å²) in [6, 6.07) is 13.2. The van der Waals surface area contributed by atoms with Crippen LogP contribution in [0.3, 0.4) is 0 Å². The van der Waals surface area contributed by atoms with E-state index in [1.807, 2.05) is 13.8 Å². The molecule has 0 fully saturated rings. The van der Waals surface area contributed by atoms with Crippen molar-refractivity contribution in [2.45, 2.75) is 19.9 Å². The first kappa shape index (κ1) is 17.6. The summed E-state index contributed by atoms with van der Waals surface area (Å²) in [7, 11) is 1.58. The fourth-order valence-corrected chi connectivity index (χ4v) is 2.77. The van der Waals surface area contributed by atoms with E-state index < -0.39 is 6.04 Å². The van der Waals surface area contributed by atoms with E-state index in [-0.39, 0.29) is 17.4 Å². The lowest BCUT2D eigenvalue weighted by molar-refractivity contribution is -0.120. The van der Waals surface area contributed by atoms with Crippen molar-refractivity contribution in [3.63, 3.8) is 0 Å². The lowest BCUT2D eigenvalue weighted by atomic mass is 10.0. The molecule has 0 aliphatic heterocycles. The molecule has 2 aromatic carbocycles. The number of ether oxygens (including phenoxy) is 1. The van der Waals surface area contributed by atoms with Crippen LogP contribution in [0.15, 0.2) is 53.3 Å². The molecule has 1 unspecified atom stereocenters. The number of amides is 1. The fraction of sp³-hybridized carbons (Fsp3) is 0.263. The molecule has 7 heteroatoms. The highest BCUT2D eigenvalue weighted by Crippen LogP contribution is 2.20. The summed E-state index contributed by atoms with van der Waals surface area (Å²) in [4.78, 5) is 25.6. The molecule has 1 N–H and O–H groups in total. The van der Waals surface area contributed by atoms with Gasteiger partial charge in [-0.25, -0.2) is 0 Å². The van der Waals surface area contributed by atoms with Crippen molar-refractivity contribution >= 4 is 22.5 Å². The molecule has 1 aromatic heterocycles. The van der Waals surface area contributed by atoms with Gasteiger partial charge in [0.2, 0.25) is 5.91 Å². The number of carbonyl (C=O) groups is 1. The molecule has 0 bridgehead atoms. The summed E-state index contributed by atoms with van der Waals surface area (Å²) in [6.45, 7) is 3.73. The lowest BCUT2D eigenvalue weighted by Gasteiger charge is -2.21. The Kier molecular flexibility index (Phi) is 4.97. The van der Waals surface area contributed by atoms with Crippen molar-refractivity contribution in [3.8, 4) is 5.75 Å². The van der Waals surface area contributed by atoms with Gasteiger partial charge in [-0.1, -0.05) is 31.2 Å². The van der Waals surface area contributed by atoms with Gasteiger partial charge in [-0.2, -0.15) is 4.68 Å². The van der Waals surface area contributed by atoms with E-state index in [0.29, 0.717) is 22.3 Å². The standard InChI is InChI=1S/C19H20N4O3/c1-12(2)17(18(24)20-13-8-10-14(26-3)11-9-13)23-19(25)15-6-4-5-7-16(15)21-22-23/h4-12,17H,1-3H3,(H,20,24). The van der Waals surface area contributed by atoms with Gasteiger partial charge in [-0.3, -0.25) is 9.59 Å². The lowest BCUT2D eigenvalue weighted by Crippen LogP contribution is -2.38. The summed E-state index contributed by atoms with van der Waals surface area (Å²) >= 11 is 0. The van der Waals surface area contributed by atoms with E-state index >= 15 is 0 Å². The number of hydrogen-bond acceptors (Lipinski definition) is 5. The Morgan fingerprint density at radius 3 is 2.46 bits per heavy atom. The maximum atomic E-state index is 12.8. The smallest absolute Gasteiger partial charge is 0.278 e. The minimum Gasteiger partial charge on any atom is -0.497 e. The highest BCUT2D eigenvalue weighted by Gasteiger charge is 2.27. The highest BCUT2D eigenvalue weighted by atomic mass is 16.5. The Hall–Kier alpha value is -3.22. The van der Waals surface area contributed by atoms with Gasteiger partial charge in [-0.15, -0.1) is 5.10 Å². The molecule has 26 heavy (non-hydrogen) atoms. The number of nitrogens with one attached hydrogen (secondary N) is 1. The van der Waals surface area contributed by atoms with Crippen molar-refractivity contribution in [1.82, 2.24) is 15.0 Å². The number of fused-ring (bicyclic) bond motifs is 1. The van der Waals surface area contributed by atoms with Gasteiger partial charge in [0, 0.05) is 5.69 Å². The third kappa shape index (κ3) is 3.42. The maximum absolute atomic E-state index is 12.8. The van der Waals surface area contributed by atoms with Crippen LogP contribution in [0.2, 0.25) is 0 Å². The minimum atomic E-state index is -0.776. The van der Waals surface area contributed by atoms with E-state index in [4.69, 9.17) is 4.74 Å². The number of benzene rings is 2. The number of rotatable bonds is 5. The Morgan fingerprint density at radius 2 is 1.81 bits per heavy atom. The number of methoxy groups -OCH3 is 1. The van der Waals surface area contributed by atoms with Crippen molar-refractivity contribution < 1.29 is 9.53 Å². The quantitative estimate of drug-likeness (QED) is 0.763. The fourth-order valence-electron chi connectivity index (χ4n) is 2.77. The van der Waals surface area contributed by atoms with Crippen LogP contribution < -0.4 is 15.6 Å². The average molecular weight is 352 g/mol. The van der Waals surface area contributed by atoms with E-state index in [1.54, 1.807) is 55.6 Å². The molecule has 134 valence electrons. The van der Waals surface area contributed by atoms with Gasteiger partial charge in [0.25, 0.3) is 5.56 Å². The molecule has 0 saturated carbocycles. The molecule has 0 spiro atoms. The second-order valence-corrected chi connectivity index (χ2v) is 6.26. The molecule has 0 aliphatic rings. The molecule has 1 amide bonds. The summed E-state index contributed by atoms with van der Waals surface area (Å²) in [5.74, 6) is 0.221. The Balaban J connectivity index is 1.95. The van der Waals surface area contributed by atoms with Gasteiger partial charge >= 0.3 is 0 Å². The Morgan fingerprint density at radius 1 is 1.12 bits per heavy atom. The Labute approximate surface area is 150 Å². The zero-order chi connectivity index (χ0) is 18.7. The molecule has 3 aromatic rings. The summed E-state index contributed by atoms with van der Waals surface area (Å²) in [5, 5.41) is 11.3. The van der Waals surface area contributed by atoms with E-state index in [1.165, 1.54) is 0 Å². The van der Waals surface area contributed by atoms with Gasteiger partial charge in [0.15, 0.2) is 0 Å². The number of nitrogens with zero attached hydrogens (tertiary/aromatic N) is 3. The van der Waals surface area contributed by atoms with Gasteiger partial charge in [0.1, 0.15) is 17.3 Å². The molecule has 1 heterocycles. The summed E-state index contributed by atoms with van der Waals surface area (Å²) < 4.78 is 6.27. The Bertz CT molecular complexity index is 980. The third-order valence-corrected chi connectivity index (χ3v) is 4.11. The summed E-state index contributed by atoms with van der Waals surface area (Å²) in [6.07, 6.45) is 0. The van der Waals surface area contributed by atoms with Gasteiger partial charge < -0.3 is 10.1 Å². The second-order valence-electron chi connectivity index (χ2n) is 6.26. The molecule has 7 nitrogen and oxygen atoms in total. The molecule has 3 rings (SSSR count). The van der Waals surface area contributed by atoms with Gasteiger partial charge in [0.05, 0.1) is 12.5 Å². The van der Waals surface area contributed by atoms with E-state index in [2.05, 4.69) is 15.6 Å². The van der Waals surface area contributed by atoms with Crippen LogP contribution in [0.25, 0.3) is 10.9 Å². The van der Waals surface area contributed by atoms with E-state index in [0.717, 1.165) is 4.68 Å². The molecule has 0 radical (unpaired) electrons. The highest BCUT2D eigenvalue weighted by molar-refractivity contribution is 5.94. The predicted octanol–water partition coefficient (Wildman–Crippen LogP) is 2.64. The van der Waals surface area contributed by atoms with Crippen LogP contribution in [-0.4, -0.2) is 28.0 Å². The van der Waals surface area contributed by atoms with Crippen molar-refractivity contribution in [2.75, 3.05) is 12.4 Å². The van der Waals surface area contributed by atoms with Crippen LogP contribution in [0.5, 0.6) is 5.75 Å². The van der Waals surface area contributed by atoms with Crippen molar-refractivity contribution in [3.05, 3.63) is 58.9 Å². The number of hydrogen-bond donors (Lipinski definition) is 1. The van der Waals surface area contributed by atoms with E-state index in [9.17, 15) is 9.59 Å². The van der Waals surface area contributed by atoms with Crippen molar-refractivity contribution in [1.29, 1.82) is 0 Å². The third-order valence-electron chi connectivity index (χ3n) is 4.11. The van der Waals surface area contributed by atoms with Crippen LogP contribution in [0.4, 0.5) is 5.69 Å². The zero-order valence-corrected chi connectivity index (χ0v) is 14.8. The molecular formula is C19H20N4O3. The van der Waals surface area contributed by atoms with Crippen molar-refractivity contribution in [2.24, 2.45) is 5.92 Å². The maximum Gasteiger partial charge on any atom is 0.278 e. The number of anilines is 1. The first-order valence-electron chi connectivity index (χ1n) is 8.30. The molecule has 0 saturated heterocycles. The second kappa shape index (κ2) is 7.35. The normalized spacial score (nSPS) is 12.2. The largest absolute Gasteiger partial charge is 0.497 e. The van der Waals surface area contributed by atoms with Crippen LogP contribution in [-0.2, 0) is 4.79 Å². The summed E-state index contributed by atoms with van der Waals surface area (Å²) in [5.41, 5.74) is 0.786. The van der Waals surface area contributed by atoms with Gasteiger partial charge in [-0.05, 0) is 42.3 Å². The molecular weight excluding hydrogens is 332 g/mol. The SMILES string of the molecule is COc1ccc(NC(=O)C(C(C)C)n2nnc3ccccc3c2=O)cc1. The van der Waals surface area contributed by atoms with Crippen LogP contribution >= 0.6 is 0 Å². The monoisotopic (exact) mass is 352 g/mol.